The molecule has 2 heterocycles. The molecular weight excluding hydrogens is 364 g/mol. The third-order valence-corrected chi connectivity index (χ3v) is 5.88. The number of fused-ring (bicyclic) bond motifs is 1. The molecule has 25 heavy (non-hydrogen) atoms. The number of rotatable bonds is 3. The number of amidine groups is 1. The van der Waals surface area contributed by atoms with Gasteiger partial charge in [0.05, 0.1) is 4.90 Å². The highest BCUT2D eigenvalue weighted by Gasteiger charge is 2.31. The van der Waals surface area contributed by atoms with E-state index in [-0.39, 0.29) is 35.1 Å². The molecule has 0 aliphatic carbocycles. The van der Waals surface area contributed by atoms with Crippen molar-refractivity contribution in [3.8, 4) is 0 Å². The zero-order valence-electron chi connectivity index (χ0n) is 14.2. The predicted octanol–water partition coefficient (Wildman–Crippen LogP) is 0.650. The molecule has 0 radical (unpaired) electrons. The average molecular weight is 387 g/mol. The van der Waals surface area contributed by atoms with Crippen molar-refractivity contribution in [3.63, 3.8) is 0 Å². The van der Waals surface area contributed by atoms with Crippen LogP contribution in [0.2, 0.25) is 0 Å². The first kappa shape index (κ1) is 19.7. The van der Waals surface area contributed by atoms with Crippen LogP contribution in [-0.2, 0) is 14.8 Å². The van der Waals surface area contributed by atoms with Crippen LogP contribution in [0.5, 0.6) is 0 Å². The van der Waals surface area contributed by atoms with Gasteiger partial charge in [-0.15, -0.1) is 12.4 Å². The second kappa shape index (κ2) is 7.72. The summed E-state index contributed by atoms with van der Waals surface area (Å²) in [5, 5.41) is 6.31. The minimum Gasteiger partial charge on any atom is -0.351 e. The molecule has 1 fully saturated rings. The maximum Gasteiger partial charge on any atom is 0.263 e. The molecular formula is C16H23ClN4O3S. The van der Waals surface area contributed by atoms with E-state index in [1.54, 1.807) is 25.1 Å². The summed E-state index contributed by atoms with van der Waals surface area (Å²) in [6.45, 7) is 5.52. The summed E-state index contributed by atoms with van der Waals surface area (Å²) in [5.74, 6) is 0.393. The van der Waals surface area contributed by atoms with Crippen LogP contribution >= 0.6 is 12.4 Å². The number of nitrogens with one attached hydrogen (secondary N) is 3. The first-order valence-corrected chi connectivity index (χ1v) is 9.58. The minimum absolute atomic E-state index is 0. The molecule has 0 bridgehead atoms. The maximum atomic E-state index is 12.4. The fourth-order valence-electron chi connectivity index (χ4n) is 3.01. The van der Waals surface area contributed by atoms with Crippen molar-refractivity contribution < 1.29 is 13.2 Å². The van der Waals surface area contributed by atoms with Gasteiger partial charge in [-0.3, -0.25) is 14.5 Å². The Balaban J connectivity index is 0.00000225. The van der Waals surface area contributed by atoms with Gasteiger partial charge in [0.15, 0.2) is 0 Å². The Morgan fingerprint density at radius 3 is 2.80 bits per heavy atom. The number of benzene rings is 1. The smallest absolute Gasteiger partial charge is 0.263 e. The summed E-state index contributed by atoms with van der Waals surface area (Å²) in [7, 11) is -3.58. The molecule has 2 aliphatic rings. The minimum atomic E-state index is -3.58. The fraction of sp³-hybridized carbons (Fsp3) is 0.500. The van der Waals surface area contributed by atoms with Crippen LogP contribution in [0.4, 0.5) is 0 Å². The Morgan fingerprint density at radius 1 is 1.36 bits per heavy atom. The van der Waals surface area contributed by atoms with E-state index < -0.39 is 16.1 Å². The summed E-state index contributed by atoms with van der Waals surface area (Å²) in [5.41, 5.74) is 0.507. The molecule has 0 aromatic heterocycles. The number of halogens is 1. The Labute approximate surface area is 154 Å². The van der Waals surface area contributed by atoms with Crippen LogP contribution in [0, 0.1) is 5.92 Å². The fourth-order valence-corrected chi connectivity index (χ4v) is 4.25. The van der Waals surface area contributed by atoms with E-state index in [1.807, 2.05) is 0 Å². The van der Waals surface area contributed by atoms with Gasteiger partial charge in [0.25, 0.3) is 10.0 Å². The van der Waals surface area contributed by atoms with E-state index in [0.29, 0.717) is 11.5 Å². The summed E-state index contributed by atoms with van der Waals surface area (Å²) < 4.78 is 26.6. The number of sulfonamides is 1. The molecule has 138 valence electrons. The molecule has 0 spiro atoms. The highest BCUT2D eigenvalue weighted by atomic mass is 35.5. The molecule has 7 nitrogen and oxygen atoms in total. The molecule has 3 rings (SSSR count). The Morgan fingerprint density at radius 2 is 2.08 bits per heavy atom. The van der Waals surface area contributed by atoms with Crippen LogP contribution in [0.1, 0.15) is 25.8 Å². The lowest BCUT2D eigenvalue weighted by molar-refractivity contribution is -0.123. The van der Waals surface area contributed by atoms with E-state index in [9.17, 15) is 13.2 Å². The lowest BCUT2D eigenvalue weighted by Gasteiger charge is -2.30. The highest BCUT2D eigenvalue weighted by molar-refractivity contribution is 7.90. The van der Waals surface area contributed by atoms with Crippen LogP contribution in [0.25, 0.3) is 0 Å². The number of nitrogens with zero attached hydrogens (tertiary/aromatic N) is 1. The quantitative estimate of drug-likeness (QED) is 0.710. The topological polar surface area (TPSA) is 99.7 Å². The molecule has 1 aromatic rings. The molecule has 1 saturated heterocycles. The zero-order chi connectivity index (χ0) is 17.3. The van der Waals surface area contributed by atoms with E-state index in [0.717, 1.165) is 19.5 Å². The van der Waals surface area contributed by atoms with Crippen LogP contribution in [-0.4, -0.2) is 45.3 Å². The van der Waals surface area contributed by atoms with Crippen molar-refractivity contribution >= 4 is 34.2 Å². The molecule has 3 N–H and O–H groups in total. The number of aliphatic imine (C=N–C) groups is 1. The van der Waals surface area contributed by atoms with Gasteiger partial charge < -0.3 is 10.6 Å². The Kier molecular flexibility index (Phi) is 6.08. The number of piperidine rings is 1. The van der Waals surface area contributed by atoms with Crippen LogP contribution in [0.15, 0.2) is 34.2 Å². The predicted molar refractivity (Wildman–Crippen MR) is 98.6 cm³/mol. The number of hydrogen-bond acceptors (Lipinski definition) is 5. The normalized spacial score (nSPS) is 26.9. The first-order chi connectivity index (χ1) is 11.4. The summed E-state index contributed by atoms with van der Waals surface area (Å²) in [4.78, 5) is 16.9. The van der Waals surface area contributed by atoms with E-state index in [2.05, 4.69) is 27.3 Å². The largest absolute Gasteiger partial charge is 0.351 e. The zero-order valence-corrected chi connectivity index (χ0v) is 15.8. The maximum absolute atomic E-state index is 12.4. The second-order valence-corrected chi connectivity index (χ2v) is 7.99. The van der Waals surface area contributed by atoms with Gasteiger partial charge in [-0.05, 0) is 44.5 Å². The van der Waals surface area contributed by atoms with Crippen molar-refractivity contribution in [2.45, 2.75) is 37.2 Å². The van der Waals surface area contributed by atoms with Crippen molar-refractivity contribution in [2.24, 2.45) is 10.9 Å². The lowest BCUT2D eigenvalue weighted by Crippen LogP contribution is -2.50. The van der Waals surface area contributed by atoms with Gasteiger partial charge in [0, 0.05) is 11.6 Å². The number of carbonyl (C=O) groups is 1. The summed E-state index contributed by atoms with van der Waals surface area (Å²) in [6.07, 6.45) is 0.881. The van der Waals surface area contributed by atoms with Gasteiger partial charge in [0.2, 0.25) is 5.91 Å². The van der Waals surface area contributed by atoms with Crippen LogP contribution in [0.3, 0.4) is 0 Å². The molecule has 2 aliphatic heterocycles. The standard InChI is InChI=1S/C16H22N4O3S.ClH/c1-10-9-17-8-7-13(10)19-16(21)11(2)18-15-12-5-3-4-6-14(12)24(22,23)20-15;/h3-6,10-11,13,17H,7-9H2,1-2H3,(H,18,20)(H,19,21);1H. The van der Waals surface area contributed by atoms with E-state index in [4.69, 9.17) is 0 Å². The van der Waals surface area contributed by atoms with Gasteiger partial charge >= 0.3 is 0 Å². The van der Waals surface area contributed by atoms with Crippen LogP contribution < -0.4 is 15.4 Å². The number of carbonyl (C=O) groups excluding carboxylic acids is 1. The molecule has 9 heteroatoms. The van der Waals surface area contributed by atoms with Crippen molar-refractivity contribution in [3.05, 3.63) is 29.8 Å². The molecule has 3 unspecified atom stereocenters. The average Bonchev–Trinajstić information content (AvgIpc) is 2.81. The monoisotopic (exact) mass is 386 g/mol. The van der Waals surface area contributed by atoms with Gasteiger partial charge in [0.1, 0.15) is 11.9 Å². The molecule has 1 aromatic carbocycles. The van der Waals surface area contributed by atoms with E-state index >= 15 is 0 Å². The van der Waals surface area contributed by atoms with Gasteiger partial charge in [-0.25, -0.2) is 8.42 Å². The van der Waals surface area contributed by atoms with Crippen molar-refractivity contribution in [1.82, 2.24) is 15.4 Å². The number of amides is 1. The molecule has 1 amide bonds. The first-order valence-electron chi connectivity index (χ1n) is 8.09. The third-order valence-electron chi connectivity index (χ3n) is 4.48. The Bertz CT molecular complexity index is 781. The molecule has 3 atom stereocenters. The third kappa shape index (κ3) is 4.13. The van der Waals surface area contributed by atoms with Crippen molar-refractivity contribution in [1.29, 1.82) is 0 Å². The van der Waals surface area contributed by atoms with Gasteiger partial charge in [-0.2, -0.15) is 0 Å². The summed E-state index contributed by atoms with van der Waals surface area (Å²) in [6, 6.07) is 6.07. The van der Waals surface area contributed by atoms with Gasteiger partial charge in [-0.1, -0.05) is 19.1 Å². The Hall–Kier alpha value is -1.64. The second-order valence-electron chi connectivity index (χ2n) is 6.34. The van der Waals surface area contributed by atoms with Crippen molar-refractivity contribution in [2.75, 3.05) is 13.1 Å². The van der Waals surface area contributed by atoms with E-state index in [1.165, 1.54) is 6.07 Å². The highest BCUT2D eigenvalue weighted by Crippen LogP contribution is 2.22. The summed E-state index contributed by atoms with van der Waals surface area (Å²) >= 11 is 0. The lowest BCUT2D eigenvalue weighted by atomic mass is 9.95. The molecule has 0 saturated carbocycles. The number of hydrogen-bond donors (Lipinski definition) is 3. The SMILES string of the molecule is CC(N=C1NS(=O)(=O)c2ccccc21)C(=O)NC1CCNCC1C.Cl.